The van der Waals surface area contributed by atoms with Gasteiger partial charge in [0.2, 0.25) is 17.7 Å². The van der Waals surface area contributed by atoms with Crippen LogP contribution in [0.5, 0.6) is 0 Å². The fraction of sp³-hybridized carbons (Fsp3) is 0.852. The van der Waals surface area contributed by atoms with E-state index >= 15 is 0 Å². The SMILES string of the molecule is CC(C)[C@@H](CN(C)CC(=O)N1C[C@H](O)C[C@H]1C(=O)O)N(C)C(=O)[C@@H](NC(=O)[C@H]1CCCCN1C)C(C)(C)C. The van der Waals surface area contributed by atoms with Gasteiger partial charge >= 0.3 is 5.97 Å². The van der Waals surface area contributed by atoms with Gasteiger partial charge in [0.15, 0.2) is 0 Å². The minimum Gasteiger partial charge on any atom is -0.480 e. The Morgan fingerprint density at radius 3 is 2.24 bits per heavy atom. The van der Waals surface area contributed by atoms with Gasteiger partial charge < -0.3 is 25.3 Å². The van der Waals surface area contributed by atoms with Crippen molar-refractivity contribution in [1.29, 1.82) is 0 Å². The molecule has 0 unspecified atom stereocenters. The van der Waals surface area contributed by atoms with Crippen molar-refractivity contribution in [3.8, 4) is 0 Å². The number of rotatable bonds is 10. The number of aliphatic carboxylic acids is 1. The van der Waals surface area contributed by atoms with E-state index in [0.29, 0.717) is 6.54 Å². The molecule has 2 aliphatic rings. The van der Waals surface area contributed by atoms with Crippen molar-refractivity contribution in [2.75, 3.05) is 47.3 Å². The van der Waals surface area contributed by atoms with Crippen LogP contribution in [0.1, 0.15) is 60.3 Å². The molecule has 0 aromatic heterocycles. The molecule has 38 heavy (non-hydrogen) atoms. The van der Waals surface area contributed by atoms with Crippen LogP contribution in [-0.2, 0) is 19.2 Å². The van der Waals surface area contributed by atoms with Crippen LogP contribution in [-0.4, -0.2) is 131 Å². The first-order valence-electron chi connectivity index (χ1n) is 13.7. The lowest BCUT2D eigenvalue weighted by atomic mass is 9.84. The number of carboxylic acid groups (broad SMARTS) is 1. The van der Waals surface area contributed by atoms with E-state index in [0.717, 1.165) is 25.8 Å². The van der Waals surface area contributed by atoms with Gasteiger partial charge in [0.05, 0.1) is 18.7 Å². The number of aliphatic hydroxyl groups is 1. The summed E-state index contributed by atoms with van der Waals surface area (Å²) < 4.78 is 0. The number of nitrogens with zero attached hydrogens (tertiary/aromatic N) is 4. The lowest BCUT2D eigenvalue weighted by Gasteiger charge is -2.40. The first kappa shape index (κ1) is 32.0. The Morgan fingerprint density at radius 1 is 1.08 bits per heavy atom. The first-order valence-corrected chi connectivity index (χ1v) is 13.7. The standard InChI is InChI=1S/C27H49N5O6/c1-17(2)21(15-29(6)16-22(34)32-14-18(33)13-20(32)26(37)38)31(8)25(36)23(27(3,4)5)28-24(35)19-11-9-10-12-30(19)7/h17-21,23,33H,9-16H2,1-8H3,(H,28,35)(H,37,38)/t18-,19-,20+,21-,23-/m1/s1. The molecule has 0 radical (unpaired) electrons. The van der Waals surface area contributed by atoms with Gasteiger partial charge in [-0.3, -0.25) is 24.2 Å². The highest BCUT2D eigenvalue weighted by Gasteiger charge is 2.41. The predicted octanol–water partition coefficient (Wildman–Crippen LogP) is 0.463. The molecule has 3 N–H and O–H groups in total. The predicted molar refractivity (Wildman–Crippen MR) is 144 cm³/mol. The molecular formula is C27H49N5O6. The minimum atomic E-state index is -1.13. The summed E-state index contributed by atoms with van der Waals surface area (Å²) in [4.78, 5) is 58.1. The number of likely N-dealkylation sites (N-methyl/N-ethyl adjacent to an activating group) is 3. The summed E-state index contributed by atoms with van der Waals surface area (Å²) in [6.45, 7) is 11.0. The third kappa shape index (κ3) is 8.13. The second-order valence-electron chi connectivity index (χ2n) is 12.5. The van der Waals surface area contributed by atoms with E-state index in [2.05, 4.69) is 5.32 Å². The Labute approximate surface area is 227 Å². The zero-order chi connectivity index (χ0) is 28.9. The number of hydrogen-bond donors (Lipinski definition) is 3. The fourth-order valence-electron chi connectivity index (χ4n) is 5.47. The van der Waals surface area contributed by atoms with E-state index in [1.807, 2.05) is 46.6 Å². The molecule has 2 fully saturated rings. The number of carboxylic acids is 1. The van der Waals surface area contributed by atoms with Crippen LogP contribution in [0, 0.1) is 11.3 Å². The van der Waals surface area contributed by atoms with Crippen LogP contribution in [0.3, 0.4) is 0 Å². The van der Waals surface area contributed by atoms with Crippen LogP contribution in [0.15, 0.2) is 0 Å². The normalized spacial score (nSPS) is 24.4. The highest BCUT2D eigenvalue weighted by atomic mass is 16.4. The van der Waals surface area contributed by atoms with Crippen molar-refractivity contribution >= 4 is 23.7 Å². The average molecular weight is 540 g/mol. The summed E-state index contributed by atoms with van der Waals surface area (Å²) in [5.41, 5.74) is -0.514. The van der Waals surface area contributed by atoms with Gasteiger partial charge in [0, 0.05) is 32.6 Å². The van der Waals surface area contributed by atoms with E-state index in [4.69, 9.17) is 0 Å². The Balaban J connectivity index is 2.11. The maximum atomic E-state index is 13.8. The molecule has 11 heteroatoms. The van der Waals surface area contributed by atoms with Crippen molar-refractivity contribution in [1.82, 2.24) is 24.9 Å². The maximum Gasteiger partial charge on any atom is 0.326 e. The van der Waals surface area contributed by atoms with E-state index in [1.54, 1.807) is 23.9 Å². The summed E-state index contributed by atoms with van der Waals surface area (Å²) in [5.74, 6) is -1.75. The molecule has 0 spiro atoms. The molecule has 0 aromatic carbocycles. The van der Waals surface area contributed by atoms with Gasteiger partial charge in [-0.15, -0.1) is 0 Å². The number of carbonyl (C=O) groups is 4. The van der Waals surface area contributed by atoms with Crippen molar-refractivity contribution < 1.29 is 29.4 Å². The van der Waals surface area contributed by atoms with Gasteiger partial charge in [-0.25, -0.2) is 4.79 Å². The van der Waals surface area contributed by atoms with Gasteiger partial charge in [-0.05, 0) is 44.8 Å². The summed E-state index contributed by atoms with van der Waals surface area (Å²) in [5, 5.41) is 22.4. The zero-order valence-electron chi connectivity index (χ0n) is 24.4. The Bertz CT molecular complexity index is 859. The van der Waals surface area contributed by atoms with E-state index in [9.17, 15) is 29.4 Å². The number of carbonyl (C=O) groups excluding carboxylic acids is 3. The molecule has 0 aromatic rings. The maximum absolute atomic E-state index is 13.8. The van der Waals surface area contributed by atoms with Crippen LogP contribution in [0.2, 0.25) is 0 Å². The third-order valence-corrected chi connectivity index (χ3v) is 7.88. The molecule has 218 valence electrons. The molecule has 11 nitrogen and oxygen atoms in total. The van der Waals surface area contributed by atoms with Gasteiger partial charge in [-0.1, -0.05) is 41.0 Å². The summed E-state index contributed by atoms with van der Waals surface area (Å²) in [7, 11) is 5.43. The molecule has 3 amide bonds. The number of aliphatic hydroxyl groups excluding tert-OH is 1. The minimum absolute atomic E-state index is 0.00121. The highest BCUT2D eigenvalue weighted by molar-refractivity contribution is 5.90. The Kier molecular flexibility index (Phi) is 11.1. The number of likely N-dealkylation sites (tertiary alicyclic amines) is 2. The van der Waals surface area contributed by atoms with Crippen molar-refractivity contribution in [2.24, 2.45) is 11.3 Å². The molecule has 5 atom stereocenters. The molecule has 0 bridgehead atoms. The smallest absolute Gasteiger partial charge is 0.326 e. The molecule has 2 heterocycles. The monoisotopic (exact) mass is 539 g/mol. The average Bonchev–Trinajstić information content (AvgIpc) is 3.21. The number of amides is 3. The molecule has 0 aliphatic carbocycles. The zero-order valence-corrected chi connectivity index (χ0v) is 24.4. The highest BCUT2D eigenvalue weighted by Crippen LogP contribution is 2.25. The van der Waals surface area contributed by atoms with Gasteiger partial charge in [0.25, 0.3) is 0 Å². The molecule has 0 saturated carbocycles. The largest absolute Gasteiger partial charge is 0.480 e. The third-order valence-electron chi connectivity index (χ3n) is 7.88. The van der Waals surface area contributed by atoms with Crippen LogP contribution in [0.25, 0.3) is 0 Å². The Morgan fingerprint density at radius 2 is 1.71 bits per heavy atom. The fourth-order valence-corrected chi connectivity index (χ4v) is 5.47. The summed E-state index contributed by atoms with van der Waals surface area (Å²) in [6.07, 6.45) is 1.99. The second-order valence-corrected chi connectivity index (χ2v) is 12.5. The quantitative estimate of drug-likeness (QED) is 0.365. The number of piperidine rings is 1. The van der Waals surface area contributed by atoms with E-state index in [-0.39, 0.29) is 55.2 Å². The van der Waals surface area contributed by atoms with E-state index in [1.165, 1.54) is 4.90 Å². The molecule has 2 saturated heterocycles. The van der Waals surface area contributed by atoms with Crippen LogP contribution >= 0.6 is 0 Å². The van der Waals surface area contributed by atoms with Crippen LogP contribution < -0.4 is 5.32 Å². The van der Waals surface area contributed by atoms with Gasteiger partial charge in [-0.2, -0.15) is 0 Å². The Hall–Kier alpha value is -2.24. The topological polar surface area (TPSA) is 134 Å². The van der Waals surface area contributed by atoms with E-state index < -0.39 is 29.6 Å². The first-order chi connectivity index (χ1) is 17.5. The van der Waals surface area contributed by atoms with Crippen molar-refractivity contribution in [3.05, 3.63) is 0 Å². The number of hydrogen-bond acceptors (Lipinski definition) is 7. The number of β-amino-alcohol motifs (C(OH)–C–C–N with tert-alkyl or cyclic N) is 1. The van der Waals surface area contributed by atoms with Crippen LogP contribution in [0.4, 0.5) is 0 Å². The lowest BCUT2D eigenvalue weighted by molar-refractivity contribution is -0.148. The van der Waals surface area contributed by atoms with Crippen molar-refractivity contribution in [2.45, 2.75) is 90.6 Å². The van der Waals surface area contributed by atoms with Gasteiger partial charge in [0.1, 0.15) is 12.1 Å². The molecule has 2 aliphatic heterocycles. The second kappa shape index (κ2) is 13.2. The molecule has 2 rings (SSSR count). The summed E-state index contributed by atoms with van der Waals surface area (Å²) in [6, 6.07) is -2.25. The van der Waals surface area contributed by atoms with Crippen molar-refractivity contribution in [3.63, 3.8) is 0 Å². The number of nitrogens with one attached hydrogen (secondary N) is 1. The lowest BCUT2D eigenvalue weighted by Crippen LogP contribution is -2.60. The summed E-state index contributed by atoms with van der Waals surface area (Å²) >= 11 is 0. The molecular weight excluding hydrogens is 490 g/mol.